The fourth-order valence-electron chi connectivity index (χ4n) is 3.07. The predicted molar refractivity (Wildman–Crippen MR) is 105 cm³/mol. The number of ketones is 1. The van der Waals surface area contributed by atoms with Gasteiger partial charge in [0.15, 0.2) is 0 Å². The summed E-state index contributed by atoms with van der Waals surface area (Å²) in [4.78, 5) is 13.0. The molecule has 0 bridgehead atoms. The molecule has 2 heteroatoms. The summed E-state index contributed by atoms with van der Waals surface area (Å²) >= 11 is 0. The lowest BCUT2D eigenvalue weighted by atomic mass is 9.88. The molecule has 0 aliphatic carbocycles. The van der Waals surface area contributed by atoms with E-state index in [9.17, 15) is 4.79 Å². The van der Waals surface area contributed by atoms with Crippen LogP contribution in [-0.4, -0.2) is 13.9 Å². The highest BCUT2D eigenvalue weighted by atomic mass is 28.3. The van der Waals surface area contributed by atoms with E-state index in [4.69, 9.17) is 0 Å². The van der Waals surface area contributed by atoms with Crippen LogP contribution in [0, 0.1) is 11.5 Å². The van der Waals surface area contributed by atoms with E-state index in [0.717, 1.165) is 29.3 Å². The number of benzene rings is 2. The van der Waals surface area contributed by atoms with Crippen LogP contribution in [0.4, 0.5) is 0 Å². The fourth-order valence-corrected chi connectivity index (χ4v) is 5.49. The predicted octanol–water partition coefficient (Wildman–Crippen LogP) is 5.44. The van der Waals surface area contributed by atoms with Gasteiger partial charge in [0, 0.05) is 0 Å². The molecular weight excluding hydrogens is 308 g/mol. The van der Waals surface area contributed by atoms with Gasteiger partial charge in [-0.25, -0.2) is 0 Å². The highest BCUT2D eigenvalue weighted by Crippen LogP contribution is 2.26. The lowest BCUT2D eigenvalue weighted by Gasteiger charge is -2.20. The second kappa shape index (κ2) is 8.66. The van der Waals surface area contributed by atoms with Crippen molar-refractivity contribution in [2.24, 2.45) is 0 Å². The van der Waals surface area contributed by atoms with Crippen LogP contribution in [0.1, 0.15) is 37.8 Å². The second-order valence-corrected chi connectivity index (χ2v) is 11.1. The van der Waals surface area contributed by atoms with Crippen LogP contribution in [0.3, 0.4) is 0 Å². The van der Waals surface area contributed by atoms with Gasteiger partial charge in [0.2, 0.25) is 5.78 Å². The standard InChI is InChI=1S/C22H26OSi/c1-4-24(5-2,6-3)18-17-21(23)22(19-13-9-7-10-14-19)20-15-11-8-12-16-20/h7-16,22H,4-6H2,1-3H3. The Hall–Kier alpha value is -2.11. The maximum absolute atomic E-state index is 13.0. The first-order valence-electron chi connectivity index (χ1n) is 8.82. The molecule has 2 aromatic rings. The number of rotatable bonds is 6. The molecule has 124 valence electrons. The minimum Gasteiger partial charge on any atom is -0.284 e. The molecule has 0 unspecified atom stereocenters. The molecule has 0 saturated carbocycles. The number of carbonyl (C=O) groups excluding carboxylic acids is 1. The van der Waals surface area contributed by atoms with Gasteiger partial charge in [-0.1, -0.05) is 81.4 Å². The van der Waals surface area contributed by atoms with Gasteiger partial charge in [0.25, 0.3) is 0 Å². The van der Waals surface area contributed by atoms with E-state index in [1.807, 2.05) is 60.7 Å². The third-order valence-electron chi connectivity index (χ3n) is 5.01. The maximum Gasteiger partial charge on any atom is 0.216 e. The van der Waals surface area contributed by atoms with Gasteiger partial charge in [-0.3, -0.25) is 4.79 Å². The molecule has 0 radical (unpaired) electrons. The summed E-state index contributed by atoms with van der Waals surface area (Å²) in [5.41, 5.74) is 5.47. The molecule has 0 saturated heterocycles. The van der Waals surface area contributed by atoms with Gasteiger partial charge in [-0.05, 0) is 35.2 Å². The number of Topliss-reactive ketones (excluding diaryl/α,β-unsaturated/α-hetero) is 1. The van der Waals surface area contributed by atoms with Gasteiger partial charge in [0.05, 0.1) is 5.92 Å². The van der Waals surface area contributed by atoms with Crippen LogP contribution >= 0.6 is 0 Å². The Labute approximate surface area is 147 Å². The molecule has 0 spiro atoms. The van der Waals surface area contributed by atoms with E-state index < -0.39 is 8.07 Å². The normalized spacial score (nSPS) is 11.0. The lowest BCUT2D eigenvalue weighted by Crippen LogP contribution is -2.30. The zero-order chi connectivity index (χ0) is 17.4. The Morgan fingerprint density at radius 1 is 0.833 bits per heavy atom. The van der Waals surface area contributed by atoms with Crippen LogP contribution in [0.15, 0.2) is 60.7 Å². The Morgan fingerprint density at radius 2 is 1.25 bits per heavy atom. The van der Waals surface area contributed by atoms with Crippen molar-refractivity contribution in [3.05, 3.63) is 71.8 Å². The molecule has 1 nitrogen and oxygen atoms in total. The first kappa shape index (κ1) is 18.2. The van der Waals surface area contributed by atoms with Crippen LogP contribution < -0.4 is 0 Å². The summed E-state index contributed by atoms with van der Waals surface area (Å²) in [6.45, 7) is 6.64. The van der Waals surface area contributed by atoms with E-state index in [1.54, 1.807) is 0 Å². The third kappa shape index (κ3) is 4.24. The minimum atomic E-state index is -1.61. The highest BCUT2D eigenvalue weighted by molar-refractivity contribution is 6.87. The summed E-state index contributed by atoms with van der Waals surface area (Å²) < 4.78 is 0. The maximum atomic E-state index is 13.0. The molecule has 0 aromatic heterocycles. The molecule has 2 aromatic carbocycles. The van der Waals surface area contributed by atoms with Crippen molar-refractivity contribution in [3.63, 3.8) is 0 Å². The molecule has 0 N–H and O–H groups in total. The van der Waals surface area contributed by atoms with Crippen LogP contribution in [-0.2, 0) is 4.79 Å². The number of hydrogen-bond acceptors (Lipinski definition) is 1. The Balaban J connectivity index is 2.41. The molecule has 0 aliphatic rings. The zero-order valence-electron chi connectivity index (χ0n) is 14.9. The Bertz CT molecular complexity index is 658. The van der Waals surface area contributed by atoms with Crippen molar-refractivity contribution < 1.29 is 4.79 Å². The van der Waals surface area contributed by atoms with Crippen molar-refractivity contribution >= 4 is 13.9 Å². The average molecular weight is 335 g/mol. The van der Waals surface area contributed by atoms with Crippen molar-refractivity contribution in [1.82, 2.24) is 0 Å². The summed E-state index contributed by atoms with van der Waals surface area (Å²) in [5, 5.41) is 0. The Morgan fingerprint density at radius 3 is 1.62 bits per heavy atom. The van der Waals surface area contributed by atoms with Crippen molar-refractivity contribution in [3.8, 4) is 11.5 Å². The first-order chi connectivity index (χ1) is 11.7. The average Bonchev–Trinajstić information content (AvgIpc) is 2.65. The summed E-state index contributed by atoms with van der Waals surface area (Å²) in [7, 11) is -1.61. The molecule has 2 rings (SSSR count). The van der Waals surface area contributed by atoms with Gasteiger partial charge in [-0.2, -0.15) is 0 Å². The summed E-state index contributed by atoms with van der Waals surface area (Å²) in [6, 6.07) is 23.3. The van der Waals surface area contributed by atoms with Crippen LogP contribution in [0.5, 0.6) is 0 Å². The lowest BCUT2D eigenvalue weighted by molar-refractivity contribution is -0.114. The van der Waals surface area contributed by atoms with Crippen molar-refractivity contribution in [1.29, 1.82) is 0 Å². The molecular formula is C22H26OSi. The van der Waals surface area contributed by atoms with Crippen LogP contribution in [0.2, 0.25) is 18.1 Å². The number of hydrogen-bond donors (Lipinski definition) is 0. The first-order valence-corrected chi connectivity index (χ1v) is 11.4. The van der Waals surface area contributed by atoms with E-state index in [2.05, 4.69) is 32.2 Å². The molecule has 0 amide bonds. The molecule has 24 heavy (non-hydrogen) atoms. The molecule has 0 atom stereocenters. The molecule has 0 heterocycles. The summed E-state index contributed by atoms with van der Waals surface area (Å²) in [5.74, 6) is 2.77. The SMILES string of the molecule is CC[Si](C#CC(=O)C(c1ccccc1)c1ccccc1)(CC)CC. The van der Waals surface area contributed by atoms with Crippen molar-refractivity contribution in [2.75, 3.05) is 0 Å². The minimum absolute atomic E-state index is 0.0135. The largest absolute Gasteiger partial charge is 0.284 e. The topological polar surface area (TPSA) is 17.1 Å². The van der Waals surface area contributed by atoms with Crippen LogP contribution in [0.25, 0.3) is 0 Å². The van der Waals surface area contributed by atoms with E-state index in [1.165, 1.54) is 0 Å². The summed E-state index contributed by atoms with van der Waals surface area (Å²) in [6.07, 6.45) is 0. The molecule has 0 aliphatic heterocycles. The monoisotopic (exact) mass is 334 g/mol. The van der Waals surface area contributed by atoms with Gasteiger partial charge in [-0.15, -0.1) is 5.54 Å². The number of carbonyl (C=O) groups is 1. The van der Waals surface area contributed by atoms with E-state index in [-0.39, 0.29) is 11.7 Å². The van der Waals surface area contributed by atoms with Gasteiger partial charge in [0.1, 0.15) is 8.07 Å². The third-order valence-corrected chi connectivity index (χ3v) is 9.73. The fraction of sp³-hybridized carbons (Fsp3) is 0.318. The van der Waals surface area contributed by atoms with Gasteiger partial charge < -0.3 is 0 Å². The van der Waals surface area contributed by atoms with E-state index >= 15 is 0 Å². The van der Waals surface area contributed by atoms with E-state index in [0.29, 0.717) is 0 Å². The zero-order valence-corrected chi connectivity index (χ0v) is 15.9. The highest BCUT2D eigenvalue weighted by Gasteiger charge is 2.26. The smallest absolute Gasteiger partial charge is 0.216 e. The second-order valence-electron chi connectivity index (χ2n) is 6.21. The van der Waals surface area contributed by atoms with Crippen molar-refractivity contribution in [2.45, 2.75) is 44.8 Å². The molecule has 0 fully saturated rings. The quantitative estimate of drug-likeness (QED) is 0.508. The Kier molecular flexibility index (Phi) is 6.58. The van der Waals surface area contributed by atoms with Gasteiger partial charge >= 0.3 is 0 Å².